The first-order chi connectivity index (χ1) is 14.3. The molecule has 30 heavy (non-hydrogen) atoms. The van der Waals surface area contributed by atoms with Crippen molar-refractivity contribution < 1.29 is 4.79 Å². The van der Waals surface area contributed by atoms with E-state index in [1.165, 1.54) is 11.8 Å². The Balaban J connectivity index is 1.66. The SMILES string of the molecule is Cc1cc(C)cc(-n2c(SCC(=O)N3CCC(C)CC3)nc3c(c2=O)SC(C)C3)c1. The van der Waals surface area contributed by atoms with E-state index in [9.17, 15) is 9.59 Å². The van der Waals surface area contributed by atoms with Gasteiger partial charge >= 0.3 is 0 Å². The Hall–Kier alpha value is -1.73. The van der Waals surface area contributed by atoms with Gasteiger partial charge in [-0.1, -0.05) is 31.7 Å². The van der Waals surface area contributed by atoms with Crippen molar-refractivity contribution in [2.24, 2.45) is 5.92 Å². The maximum Gasteiger partial charge on any atom is 0.272 e. The van der Waals surface area contributed by atoms with Crippen LogP contribution >= 0.6 is 23.5 Å². The van der Waals surface area contributed by atoms with E-state index in [4.69, 9.17) is 4.98 Å². The highest BCUT2D eigenvalue weighted by Crippen LogP contribution is 2.35. The number of fused-ring (bicyclic) bond motifs is 1. The van der Waals surface area contributed by atoms with E-state index in [-0.39, 0.29) is 11.5 Å². The van der Waals surface area contributed by atoms with Crippen LogP contribution < -0.4 is 5.56 Å². The predicted molar refractivity (Wildman–Crippen MR) is 124 cm³/mol. The zero-order chi connectivity index (χ0) is 21.4. The Labute approximate surface area is 186 Å². The Bertz CT molecular complexity index is 1010. The van der Waals surface area contributed by atoms with Crippen LogP contribution in [0.3, 0.4) is 0 Å². The second-order valence-electron chi connectivity index (χ2n) is 8.64. The van der Waals surface area contributed by atoms with Gasteiger partial charge in [0.15, 0.2) is 5.16 Å². The summed E-state index contributed by atoms with van der Waals surface area (Å²) in [4.78, 5) is 33.8. The van der Waals surface area contributed by atoms with E-state index >= 15 is 0 Å². The molecule has 1 saturated heterocycles. The molecule has 1 fully saturated rings. The fourth-order valence-electron chi connectivity index (χ4n) is 4.18. The predicted octanol–water partition coefficient (Wildman–Crippen LogP) is 4.24. The first-order valence-electron chi connectivity index (χ1n) is 10.6. The van der Waals surface area contributed by atoms with Crippen LogP contribution in [0.1, 0.15) is 43.5 Å². The van der Waals surface area contributed by atoms with Gasteiger partial charge in [0.2, 0.25) is 5.91 Å². The quantitative estimate of drug-likeness (QED) is 0.523. The molecule has 5 nitrogen and oxygen atoms in total. The maximum atomic E-state index is 13.4. The fourth-order valence-corrected chi connectivity index (χ4v) is 6.21. The molecule has 4 rings (SSSR count). The molecule has 0 N–H and O–H groups in total. The highest BCUT2D eigenvalue weighted by molar-refractivity contribution is 8.00. The van der Waals surface area contributed by atoms with Gasteiger partial charge in [-0.25, -0.2) is 4.98 Å². The summed E-state index contributed by atoms with van der Waals surface area (Å²) in [6.45, 7) is 10.1. The minimum atomic E-state index is -0.0129. The lowest BCUT2D eigenvalue weighted by Crippen LogP contribution is -2.39. The lowest BCUT2D eigenvalue weighted by Gasteiger charge is -2.30. The lowest BCUT2D eigenvalue weighted by molar-refractivity contribution is -0.129. The van der Waals surface area contributed by atoms with Crippen molar-refractivity contribution in [2.75, 3.05) is 18.8 Å². The van der Waals surface area contributed by atoms with Crippen LogP contribution in [0.5, 0.6) is 0 Å². The van der Waals surface area contributed by atoms with Crippen LogP contribution in [0.2, 0.25) is 0 Å². The van der Waals surface area contributed by atoms with E-state index in [0.29, 0.717) is 22.1 Å². The van der Waals surface area contributed by atoms with Crippen molar-refractivity contribution in [3.05, 3.63) is 45.4 Å². The molecule has 0 radical (unpaired) electrons. The summed E-state index contributed by atoms with van der Waals surface area (Å²) in [5.74, 6) is 1.14. The summed E-state index contributed by atoms with van der Waals surface area (Å²) < 4.78 is 1.71. The third-order valence-corrected chi connectivity index (χ3v) is 7.95. The van der Waals surface area contributed by atoms with Crippen LogP contribution in [0.25, 0.3) is 5.69 Å². The summed E-state index contributed by atoms with van der Waals surface area (Å²) in [6, 6.07) is 6.13. The smallest absolute Gasteiger partial charge is 0.272 e. The molecule has 1 aromatic carbocycles. The number of benzene rings is 1. The second-order valence-corrected chi connectivity index (χ2v) is 11.0. The van der Waals surface area contributed by atoms with Crippen LogP contribution in [0.4, 0.5) is 0 Å². The van der Waals surface area contributed by atoms with Crippen molar-refractivity contribution in [1.29, 1.82) is 0 Å². The molecule has 1 atom stereocenters. The van der Waals surface area contributed by atoms with Crippen molar-refractivity contribution in [3.8, 4) is 5.69 Å². The first kappa shape index (κ1) is 21.5. The number of nitrogens with zero attached hydrogens (tertiary/aromatic N) is 3. The second kappa shape index (κ2) is 8.79. The number of rotatable bonds is 4. The van der Waals surface area contributed by atoms with Crippen LogP contribution in [0.15, 0.2) is 33.0 Å². The number of thioether (sulfide) groups is 2. The summed E-state index contributed by atoms with van der Waals surface area (Å²) in [7, 11) is 0. The normalized spacial score (nSPS) is 19.2. The highest BCUT2D eigenvalue weighted by Gasteiger charge is 2.28. The molecule has 0 spiro atoms. The molecule has 3 heterocycles. The highest BCUT2D eigenvalue weighted by atomic mass is 32.2. The van der Waals surface area contributed by atoms with E-state index < -0.39 is 0 Å². The van der Waals surface area contributed by atoms with Gasteiger partial charge in [0.1, 0.15) is 0 Å². The molecule has 0 aliphatic carbocycles. The van der Waals surface area contributed by atoms with Crippen molar-refractivity contribution >= 4 is 29.4 Å². The van der Waals surface area contributed by atoms with E-state index in [0.717, 1.165) is 59.8 Å². The van der Waals surface area contributed by atoms with E-state index in [1.807, 2.05) is 30.9 Å². The standard InChI is InChI=1S/C23H29N3O2S2/c1-14-5-7-25(8-6-14)20(27)13-29-23-24-19-12-17(4)30-21(19)22(28)26(23)18-10-15(2)9-16(3)11-18/h9-11,14,17H,5-8,12-13H2,1-4H3. The molecule has 1 amide bonds. The molecule has 2 aliphatic heterocycles. The molecule has 2 aliphatic rings. The number of piperidine rings is 1. The fraction of sp³-hybridized carbons (Fsp3) is 0.522. The number of amides is 1. The van der Waals surface area contributed by atoms with Gasteiger partial charge in [-0.3, -0.25) is 14.2 Å². The summed E-state index contributed by atoms with van der Waals surface area (Å²) in [6.07, 6.45) is 2.93. The lowest BCUT2D eigenvalue weighted by atomic mass is 9.99. The largest absolute Gasteiger partial charge is 0.342 e. The third kappa shape index (κ3) is 4.47. The zero-order valence-electron chi connectivity index (χ0n) is 18.1. The average Bonchev–Trinajstić information content (AvgIpc) is 3.06. The third-order valence-electron chi connectivity index (χ3n) is 5.81. The summed E-state index contributed by atoms with van der Waals surface area (Å²) >= 11 is 3.00. The molecule has 0 bridgehead atoms. The Morgan fingerprint density at radius 1 is 1.17 bits per heavy atom. The van der Waals surface area contributed by atoms with Gasteiger partial charge in [-0.15, -0.1) is 11.8 Å². The number of carbonyl (C=O) groups excluding carboxylic acids is 1. The molecule has 1 unspecified atom stereocenters. The van der Waals surface area contributed by atoms with Gasteiger partial charge < -0.3 is 4.90 Å². The van der Waals surface area contributed by atoms with Gasteiger partial charge in [-0.2, -0.15) is 0 Å². The number of aromatic nitrogens is 2. The molecular formula is C23H29N3O2S2. The molecule has 0 saturated carbocycles. The number of carbonyl (C=O) groups is 1. The maximum absolute atomic E-state index is 13.4. The Morgan fingerprint density at radius 3 is 2.50 bits per heavy atom. The minimum absolute atomic E-state index is 0.0129. The van der Waals surface area contributed by atoms with Crippen LogP contribution in [-0.2, 0) is 11.2 Å². The van der Waals surface area contributed by atoms with Gasteiger partial charge in [-0.05, 0) is 55.9 Å². The Kier molecular flexibility index (Phi) is 6.30. The minimum Gasteiger partial charge on any atom is -0.342 e. The average molecular weight is 444 g/mol. The number of aryl methyl sites for hydroxylation is 2. The monoisotopic (exact) mass is 443 g/mol. The zero-order valence-corrected chi connectivity index (χ0v) is 19.7. The molecule has 2 aromatic rings. The number of likely N-dealkylation sites (tertiary alicyclic amines) is 1. The molecule has 7 heteroatoms. The number of hydrogen-bond acceptors (Lipinski definition) is 5. The molecule has 1 aromatic heterocycles. The molecule has 160 valence electrons. The van der Waals surface area contributed by atoms with Crippen LogP contribution in [0, 0.1) is 19.8 Å². The van der Waals surface area contributed by atoms with Crippen molar-refractivity contribution in [2.45, 2.75) is 62.3 Å². The van der Waals surface area contributed by atoms with Gasteiger partial charge in [0.25, 0.3) is 5.56 Å². The van der Waals surface area contributed by atoms with Crippen molar-refractivity contribution in [1.82, 2.24) is 14.5 Å². The summed E-state index contributed by atoms with van der Waals surface area (Å²) in [5.41, 5.74) is 3.90. The first-order valence-corrected chi connectivity index (χ1v) is 12.5. The van der Waals surface area contributed by atoms with Crippen molar-refractivity contribution in [3.63, 3.8) is 0 Å². The van der Waals surface area contributed by atoms with Crippen LogP contribution in [-0.4, -0.2) is 44.5 Å². The van der Waals surface area contributed by atoms with E-state index in [2.05, 4.69) is 19.9 Å². The Morgan fingerprint density at radius 2 is 1.83 bits per heavy atom. The number of hydrogen-bond donors (Lipinski definition) is 0. The summed E-state index contributed by atoms with van der Waals surface area (Å²) in [5, 5.41) is 0.974. The van der Waals surface area contributed by atoms with Gasteiger partial charge in [0, 0.05) is 24.8 Å². The van der Waals surface area contributed by atoms with E-state index in [1.54, 1.807) is 16.3 Å². The molecular weight excluding hydrogens is 414 g/mol. The van der Waals surface area contributed by atoms with Gasteiger partial charge in [0.05, 0.1) is 22.0 Å². The topological polar surface area (TPSA) is 55.2 Å².